The summed E-state index contributed by atoms with van der Waals surface area (Å²) in [7, 11) is 1.41. The number of halogens is 2. The third-order valence-corrected chi connectivity index (χ3v) is 5.03. The number of aromatic nitrogens is 2. The highest BCUT2D eigenvalue weighted by atomic mass is 35.5. The second-order valence-corrected chi connectivity index (χ2v) is 8.68. The smallest absolute Gasteiger partial charge is 0.316 e. The number of methoxy groups -OCH3 is 1. The van der Waals surface area contributed by atoms with Crippen LogP contribution >= 0.6 is 11.6 Å². The molecule has 158 valence electrons. The van der Waals surface area contributed by atoms with E-state index in [4.69, 9.17) is 16.3 Å². The zero-order valence-corrected chi connectivity index (χ0v) is 18.5. The van der Waals surface area contributed by atoms with Crippen molar-refractivity contribution < 1.29 is 9.13 Å². The number of aryl methyl sites for hydroxylation is 1. The molecule has 3 rings (SSSR count). The molecule has 7 heteroatoms. The summed E-state index contributed by atoms with van der Waals surface area (Å²) in [5, 5.41) is 3.56. The summed E-state index contributed by atoms with van der Waals surface area (Å²) in [4.78, 5) is 16.5. The zero-order valence-electron chi connectivity index (χ0n) is 17.7. The van der Waals surface area contributed by atoms with Gasteiger partial charge in [0.1, 0.15) is 5.82 Å². The molecule has 5 nitrogen and oxygen atoms in total. The Balaban J connectivity index is 2.06. The van der Waals surface area contributed by atoms with Gasteiger partial charge in [0.15, 0.2) is 0 Å². The molecule has 0 aliphatic carbocycles. The van der Waals surface area contributed by atoms with E-state index < -0.39 is 11.4 Å². The lowest BCUT2D eigenvalue weighted by atomic mass is 9.86. The van der Waals surface area contributed by atoms with Crippen LogP contribution in [0.1, 0.15) is 37.5 Å². The molecule has 0 radical (unpaired) electrons. The fourth-order valence-corrected chi connectivity index (χ4v) is 3.32. The molecule has 0 aliphatic rings. The summed E-state index contributed by atoms with van der Waals surface area (Å²) in [6, 6.07) is 10.5. The van der Waals surface area contributed by atoms with Gasteiger partial charge in [-0.15, -0.1) is 0 Å². The number of hydrogen-bond donors (Lipinski definition) is 1. The Morgan fingerprint density at radius 2 is 1.93 bits per heavy atom. The van der Waals surface area contributed by atoms with Gasteiger partial charge in [0.05, 0.1) is 19.9 Å². The molecule has 0 atom stereocenters. The van der Waals surface area contributed by atoms with Crippen molar-refractivity contribution in [3.05, 3.63) is 80.5 Å². The quantitative estimate of drug-likeness (QED) is 0.586. The van der Waals surface area contributed by atoms with Crippen molar-refractivity contribution in [2.45, 2.75) is 39.7 Å². The van der Waals surface area contributed by atoms with E-state index in [1.54, 1.807) is 16.8 Å². The van der Waals surface area contributed by atoms with E-state index in [2.05, 4.69) is 43.2 Å². The standard InChI is InChI=1S/C23H25ClFN3O2/c1-14-6-7-16(23(2,3)4)10-19(14)26-22-27-21(29)20(30-5)13-28(22)12-15-8-17(24)11-18(25)9-15/h6-11,13H,12H2,1-5H3,(H,26,27,29). The Labute approximate surface area is 180 Å². The van der Waals surface area contributed by atoms with Crippen LogP contribution in [-0.2, 0) is 12.0 Å². The molecule has 30 heavy (non-hydrogen) atoms. The maximum absolute atomic E-state index is 13.8. The fourth-order valence-electron chi connectivity index (χ4n) is 3.08. The highest BCUT2D eigenvalue weighted by Gasteiger charge is 2.16. The topological polar surface area (TPSA) is 56.1 Å². The molecule has 2 aromatic carbocycles. The Hall–Kier alpha value is -2.86. The van der Waals surface area contributed by atoms with E-state index in [1.165, 1.54) is 19.2 Å². The van der Waals surface area contributed by atoms with Gasteiger partial charge in [0.25, 0.3) is 0 Å². The second kappa shape index (κ2) is 8.48. The molecule has 0 saturated heterocycles. The van der Waals surface area contributed by atoms with Gasteiger partial charge in [0.2, 0.25) is 11.7 Å². The SMILES string of the molecule is COc1cn(Cc2cc(F)cc(Cl)c2)c(Nc2cc(C(C)(C)C)ccc2C)nc1=O. The van der Waals surface area contributed by atoms with Gasteiger partial charge in [-0.25, -0.2) is 4.39 Å². The molecule has 1 heterocycles. The van der Waals surface area contributed by atoms with Gasteiger partial charge in [-0.2, -0.15) is 4.98 Å². The van der Waals surface area contributed by atoms with Gasteiger partial charge >= 0.3 is 5.56 Å². The van der Waals surface area contributed by atoms with Crippen molar-refractivity contribution in [1.82, 2.24) is 9.55 Å². The van der Waals surface area contributed by atoms with E-state index >= 15 is 0 Å². The minimum atomic E-state index is -0.488. The van der Waals surface area contributed by atoms with Crippen LogP contribution in [0.3, 0.4) is 0 Å². The van der Waals surface area contributed by atoms with Gasteiger partial charge in [-0.3, -0.25) is 4.79 Å². The van der Waals surface area contributed by atoms with Crippen LogP contribution in [0.4, 0.5) is 16.0 Å². The predicted molar refractivity (Wildman–Crippen MR) is 119 cm³/mol. The van der Waals surface area contributed by atoms with Crippen molar-refractivity contribution in [3.63, 3.8) is 0 Å². The molecular weight excluding hydrogens is 405 g/mol. The minimum absolute atomic E-state index is 0.0323. The normalized spacial score (nSPS) is 11.4. The molecule has 1 N–H and O–H groups in total. The first-order chi connectivity index (χ1) is 14.1. The molecular formula is C23H25ClFN3O2. The highest BCUT2D eigenvalue weighted by Crippen LogP contribution is 2.28. The number of benzene rings is 2. The average Bonchev–Trinajstić information content (AvgIpc) is 2.63. The van der Waals surface area contributed by atoms with Crippen molar-refractivity contribution in [2.75, 3.05) is 12.4 Å². The molecule has 0 aliphatic heterocycles. The summed E-state index contributed by atoms with van der Waals surface area (Å²) in [6.45, 7) is 8.64. The maximum Gasteiger partial charge on any atom is 0.316 e. The van der Waals surface area contributed by atoms with Crippen molar-refractivity contribution in [1.29, 1.82) is 0 Å². The Kier molecular flexibility index (Phi) is 6.17. The molecule has 0 fully saturated rings. The summed E-state index contributed by atoms with van der Waals surface area (Å²) in [5.41, 5.74) is 3.11. The first-order valence-corrected chi connectivity index (χ1v) is 9.93. The maximum atomic E-state index is 13.8. The first-order valence-electron chi connectivity index (χ1n) is 9.55. The molecule has 0 saturated carbocycles. The van der Waals surface area contributed by atoms with E-state index in [-0.39, 0.29) is 17.7 Å². The van der Waals surface area contributed by atoms with E-state index in [0.717, 1.165) is 16.8 Å². The van der Waals surface area contributed by atoms with Crippen LogP contribution in [0.2, 0.25) is 5.02 Å². The van der Waals surface area contributed by atoms with E-state index in [0.29, 0.717) is 16.5 Å². The number of nitrogens with one attached hydrogen (secondary N) is 1. The van der Waals surface area contributed by atoms with Crippen molar-refractivity contribution in [3.8, 4) is 5.75 Å². The van der Waals surface area contributed by atoms with Gasteiger partial charge < -0.3 is 14.6 Å². The van der Waals surface area contributed by atoms with Crippen LogP contribution < -0.4 is 15.6 Å². The monoisotopic (exact) mass is 429 g/mol. The highest BCUT2D eigenvalue weighted by molar-refractivity contribution is 6.30. The summed E-state index contributed by atoms with van der Waals surface area (Å²) >= 11 is 6.00. The summed E-state index contributed by atoms with van der Waals surface area (Å²) in [5.74, 6) is 0.000239. The lowest BCUT2D eigenvalue weighted by Crippen LogP contribution is -2.19. The molecule has 1 aromatic heterocycles. The third-order valence-electron chi connectivity index (χ3n) is 4.81. The van der Waals surface area contributed by atoms with Crippen molar-refractivity contribution >= 4 is 23.2 Å². The minimum Gasteiger partial charge on any atom is -0.490 e. The first kappa shape index (κ1) is 21.8. The zero-order chi connectivity index (χ0) is 22.1. The second-order valence-electron chi connectivity index (χ2n) is 8.25. The van der Waals surface area contributed by atoms with E-state index in [9.17, 15) is 9.18 Å². The Morgan fingerprint density at radius 1 is 1.20 bits per heavy atom. The molecule has 0 bridgehead atoms. The van der Waals surface area contributed by atoms with Crippen LogP contribution in [-0.4, -0.2) is 16.7 Å². The van der Waals surface area contributed by atoms with Crippen LogP contribution in [0.5, 0.6) is 5.75 Å². The summed E-state index contributed by atoms with van der Waals surface area (Å²) in [6.07, 6.45) is 1.55. The number of nitrogens with zero attached hydrogens (tertiary/aromatic N) is 2. The molecule has 0 amide bonds. The molecule has 0 unspecified atom stereocenters. The number of anilines is 2. The average molecular weight is 430 g/mol. The lowest BCUT2D eigenvalue weighted by molar-refractivity contribution is 0.402. The number of hydrogen-bond acceptors (Lipinski definition) is 4. The molecule has 0 spiro atoms. The van der Waals surface area contributed by atoms with Crippen LogP contribution in [0.25, 0.3) is 0 Å². The van der Waals surface area contributed by atoms with Gasteiger partial charge in [0, 0.05) is 10.7 Å². The largest absolute Gasteiger partial charge is 0.490 e. The molecule has 3 aromatic rings. The van der Waals surface area contributed by atoms with Crippen LogP contribution in [0.15, 0.2) is 47.4 Å². The number of ether oxygens (including phenoxy) is 1. The number of rotatable bonds is 5. The fraction of sp³-hybridized carbons (Fsp3) is 0.304. The summed E-state index contributed by atoms with van der Waals surface area (Å²) < 4.78 is 20.6. The van der Waals surface area contributed by atoms with Gasteiger partial charge in [-0.05, 0) is 53.3 Å². The predicted octanol–water partition coefficient (Wildman–Crippen LogP) is 5.44. The van der Waals surface area contributed by atoms with Crippen LogP contribution in [0, 0.1) is 12.7 Å². The Morgan fingerprint density at radius 3 is 2.57 bits per heavy atom. The van der Waals surface area contributed by atoms with Gasteiger partial charge in [-0.1, -0.05) is 44.5 Å². The Bertz CT molecular complexity index is 1120. The third kappa shape index (κ3) is 5.00. The van der Waals surface area contributed by atoms with E-state index in [1.807, 2.05) is 13.0 Å². The lowest BCUT2D eigenvalue weighted by Gasteiger charge is -2.22. The van der Waals surface area contributed by atoms with Crippen molar-refractivity contribution in [2.24, 2.45) is 0 Å².